The van der Waals surface area contributed by atoms with Gasteiger partial charge in [0, 0.05) is 27.0 Å². The third-order valence-corrected chi connectivity index (χ3v) is 6.26. The predicted molar refractivity (Wildman–Crippen MR) is 122 cm³/mol. The summed E-state index contributed by atoms with van der Waals surface area (Å²) >= 11 is 10.1. The summed E-state index contributed by atoms with van der Waals surface area (Å²) in [7, 11) is 0. The van der Waals surface area contributed by atoms with Crippen LogP contribution in [0.5, 0.6) is 11.5 Å². The molecule has 0 aromatic heterocycles. The van der Waals surface area contributed by atoms with E-state index in [-0.39, 0.29) is 12.3 Å². The van der Waals surface area contributed by atoms with Crippen molar-refractivity contribution in [1.82, 2.24) is 5.01 Å². The Labute approximate surface area is 189 Å². The summed E-state index contributed by atoms with van der Waals surface area (Å²) in [5.41, 5.74) is 4.14. The lowest BCUT2D eigenvalue weighted by Crippen LogP contribution is -2.33. The lowest BCUT2D eigenvalue weighted by molar-refractivity contribution is -0.0190. The van der Waals surface area contributed by atoms with Gasteiger partial charge in [-0.15, -0.1) is 0 Å². The van der Waals surface area contributed by atoms with Crippen LogP contribution in [-0.4, -0.2) is 17.3 Å². The van der Waals surface area contributed by atoms with Gasteiger partial charge in [-0.1, -0.05) is 45.7 Å². The molecule has 0 bridgehead atoms. The SMILES string of the molecule is CCOc1ccc(C2=NN3[C@H](C2)c2cc(Br)ccc2O[C@@H]3c2ccccc2Cl)cc1. The van der Waals surface area contributed by atoms with E-state index in [1.54, 1.807) is 0 Å². The number of hydrogen-bond acceptors (Lipinski definition) is 4. The smallest absolute Gasteiger partial charge is 0.215 e. The first-order chi connectivity index (χ1) is 14.6. The van der Waals surface area contributed by atoms with Crippen LogP contribution in [0.15, 0.2) is 76.3 Å². The first-order valence-corrected chi connectivity index (χ1v) is 11.1. The van der Waals surface area contributed by atoms with E-state index in [1.807, 2.05) is 60.5 Å². The molecule has 6 heteroatoms. The zero-order chi connectivity index (χ0) is 20.7. The monoisotopic (exact) mass is 482 g/mol. The average Bonchev–Trinajstić information content (AvgIpc) is 3.20. The van der Waals surface area contributed by atoms with Crippen LogP contribution in [0.25, 0.3) is 0 Å². The molecule has 0 fully saturated rings. The molecule has 3 aromatic carbocycles. The van der Waals surface area contributed by atoms with Gasteiger partial charge >= 0.3 is 0 Å². The molecule has 2 heterocycles. The van der Waals surface area contributed by atoms with Crippen LogP contribution < -0.4 is 9.47 Å². The third-order valence-electron chi connectivity index (χ3n) is 5.42. The molecule has 3 aromatic rings. The van der Waals surface area contributed by atoms with Crippen molar-refractivity contribution in [2.24, 2.45) is 5.10 Å². The van der Waals surface area contributed by atoms with Crippen molar-refractivity contribution < 1.29 is 9.47 Å². The Morgan fingerprint density at radius 1 is 1.10 bits per heavy atom. The van der Waals surface area contributed by atoms with Gasteiger partial charge < -0.3 is 9.47 Å². The lowest BCUT2D eigenvalue weighted by Gasteiger charge is -2.38. The highest BCUT2D eigenvalue weighted by Gasteiger charge is 2.41. The molecule has 0 aliphatic carbocycles. The lowest BCUT2D eigenvalue weighted by atomic mass is 9.96. The number of fused-ring (bicyclic) bond motifs is 3. The van der Waals surface area contributed by atoms with Gasteiger partial charge in [-0.25, -0.2) is 5.01 Å². The van der Waals surface area contributed by atoms with Crippen molar-refractivity contribution in [3.8, 4) is 11.5 Å². The third kappa shape index (κ3) is 3.46. The Morgan fingerprint density at radius 3 is 2.67 bits per heavy atom. The van der Waals surface area contributed by atoms with E-state index in [0.717, 1.165) is 44.8 Å². The van der Waals surface area contributed by atoms with Crippen molar-refractivity contribution in [1.29, 1.82) is 0 Å². The summed E-state index contributed by atoms with van der Waals surface area (Å²) in [6.07, 6.45) is 0.416. The Hall–Kier alpha value is -2.50. The van der Waals surface area contributed by atoms with Gasteiger partial charge in [0.15, 0.2) is 0 Å². The van der Waals surface area contributed by atoms with E-state index in [4.69, 9.17) is 26.2 Å². The van der Waals surface area contributed by atoms with E-state index in [1.165, 1.54) is 0 Å². The van der Waals surface area contributed by atoms with Gasteiger partial charge in [0.25, 0.3) is 0 Å². The first kappa shape index (κ1) is 19.5. The standard InChI is InChI=1S/C24H20BrClN2O2/c1-2-29-17-10-7-15(8-11-17)21-14-22-19-13-16(25)9-12-23(19)30-24(28(22)27-21)18-5-3-4-6-20(18)26/h3-13,22,24H,2,14H2,1H3/t22-,24-/m1/s1. The van der Waals surface area contributed by atoms with Gasteiger partial charge in [-0.3, -0.25) is 0 Å². The summed E-state index contributed by atoms with van der Waals surface area (Å²) in [4.78, 5) is 0. The molecule has 5 rings (SSSR count). The van der Waals surface area contributed by atoms with E-state index in [2.05, 4.69) is 34.1 Å². The summed E-state index contributed by atoms with van der Waals surface area (Å²) in [5.74, 6) is 1.73. The minimum Gasteiger partial charge on any atom is -0.494 e. The summed E-state index contributed by atoms with van der Waals surface area (Å²) in [6, 6.07) is 22.1. The Bertz CT molecular complexity index is 1120. The maximum atomic E-state index is 6.52. The van der Waals surface area contributed by atoms with Crippen molar-refractivity contribution in [2.75, 3.05) is 6.61 Å². The highest BCUT2D eigenvalue weighted by molar-refractivity contribution is 9.10. The highest BCUT2D eigenvalue weighted by Crippen LogP contribution is 2.49. The van der Waals surface area contributed by atoms with Crippen LogP contribution in [0.4, 0.5) is 0 Å². The maximum Gasteiger partial charge on any atom is 0.215 e. The average molecular weight is 484 g/mol. The van der Waals surface area contributed by atoms with Gasteiger partial charge in [0.2, 0.25) is 6.23 Å². The molecule has 2 atom stereocenters. The quantitative estimate of drug-likeness (QED) is 0.412. The largest absolute Gasteiger partial charge is 0.494 e. The van der Waals surface area contributed by atoms with Crippen molar-refractivity contribution in [2.45, 2.75) is 25.6 Å². The highest BCUT2D eigenvalue weighted by atomic mass is 79.9. The molecule has 0 spiro atoms. The molecule has 2 aliphatic rings. The van der Waals surface area contributed by atoms with Gasteiger partial charge in [0.05, 0.1) is 18.4 Å². The summed E-state index contributed by atoms with van der Waals surface area (Å²) in [5, 5.41) is 7.71. The predicted octanol–water partition coefficient (Wildman–Crippen LogP) is 6.74. The Kier molecular flexibility index (Phi) is 5.17. The zero-order valence-corrected chi connectivity index (χ0v) is 18.7. The molecule has 0 saturated carbocycles. The molecule has 0 unspecified atom stereocenters. The van der Waals surface area contributed by atoms with E-state index in [0.29, 0.717) is 11.6 Å². The van der Waals surface area contributed by atoms with Crippen LogP contribution in [0.1, 0.15) is 42.3 Å². The molecular formula is C24H20BrClN2O2. The molecule has 4 nitrogen and oxygen atoms in total. The zero-order valence-electron chi connectivity index (χ0n) is 16.4. The van der Waals surface area contributed by atoms with E-state index >= 15 is 0 Å². The fourth-order valence-electron chi connectivity index (χ4n) is 4.02. The number of ether oxygens (including phenoxy) is 2. The topological polar surface area (TPSA) is 34.1 Å². The van der Waals surface area contributed by atoms with Crippen LogP contribution in [-0.2, 0) is 0 Å². The van der Waals surface area contributed by atoms with E-state index < -0.39 is 0 Å². The minimum absolute atomic E-state index is 0.0779. The fraction of sp³-hybridized carbons (Fsp3) is 0.208. The molecule has 0 amide bonds. The summed E-state index contributed by atoms with van der Waals surface area (Å²) < 4.78 is 13.0. The fourth-order valence-corrected chi connectivity index (χ4v) is 4.63. The van der Waals surface area contributed by atoms with Crippen LogP contribution in [0, 0.1) is 0 Å². The van der Waals surface area contributed by atoms with Gasteiger partial charge in [-0.2, -0.15) is 5.10 Å². The van der Waals surface area contributed by atoms with Crippen molar-refractivity contribution >= 4 is 33.2 Å². The number of hydrogen-bond donors (Lipinski definition) is 0. The second kappa shape index (κ2) is 7.97. The van der Waals surface area contributed by atoms with Gasteiger partial charge in [0.1, 0.15) is 11.5 Å². The summed E-state index contributed by atoms with van der Waals surface area (Å²) in [6.45, 7) is 2.63. The molecule has 0 N–H and O–H groups in total. The number of halogens is 2. The molecule has 2 aliphatic heterocycles. The van der Waals surface area contributed by atoms with Crippen molar-refractivity contribution in [3.05, 3.63) is 92.9 Å². The van der Waals surface area contributed by atoms with Gasteiger partial charge in [-0.05, 0) is 61.0 Å². The second-order valence-electron chi connectivity index (χ2n) is 7.28. The Morgan fingerprint density at radius 2 is 1.90 bits per heavy atom. The molecule has 152 valence electrons. The maximum absolute atomic E-state index is 6.52. The number of nitrogens with zero attached hydrogens (tertiary/aromatic N) is 2. The molecule has 0 saturated heterocycles. The van der Waals surface area contributed by atoms with Crippen LogP contribution in [0.3, 0.4) is 0 Å². The first-order valence-electron chi connectivity index (χ1n) is 9.93. The van der Waals surface area contributed by atoms with Crippen LogP contribution >= 0.6 is 27.5 Å². The number of hydrazone groups is 1. The Balaban J connectivity index is 1.56. The molecular weight excluding hydrogens is 464 g/mol. The molecule has 30 heavy (non-hydrogen) atoms. The normalized spacial score (nSPS) is 19.6. The minimum atomic E-state index is -0.377. The van der Waals surface area contributed by atoms with E-state index in [9.17, 15) is 0 Å². The second-order valence-corrected chi connectivity index (χ2v) is 8.60. The van der Waals surface area contributed by atoms with Crippen LogP contribution in [0.2, 0.25) is 5.02 Å². The van der Waals surface area contributed by atoms with Crippen molar-refractivity contribution in [3.63, 3.8) is 0 Å². The number of benzene rings is 3. The number of rotatable bonds is 4. The molecule has 0 radical (unpaired) electrons.